The van der Waals surface area contributed by atoms with E-state index >= 15 is 0 Å². The molecule has 0 fully saturated rings. The Balaban J connectivity index is 2.38. The van der Waals surface area contributed by atoms with E-state index in [2.05, 4.69) is 10.6 Å². The minimum Gasteiger partial charge on any atom is -0.444 e. The molecule has 0 saturated carbocycles. The van der Waals surface area contributed by atoms with E-state index in [1.54, 1.807) is 26.8 Å². The molecule has 1 amide bonds. The Morgan fingerprint density at radius 2 is 2.05 bits per heavy atom. The highest BCUT2D eigenvalue weighted by molar-refractivity contribution is 5.68. The number of ether oxygens (including phenoxy) is 1. The summed E-state index contributed by atoms with van der Waals surface area (Å²) in [4.78, 5) is 21.5. The van der Waals surface area contributed by atoms with E-state index < -0.39 is 16.6 Å². The Hall–Kier alpha value is -2.51. The van der Waals surface area contributed by atoms with Crippen LogP contribution in [-0.2, 0) is 4.74 Å². The molecule has 0 spiro atoms. The summed E-state index contributed by atoms with van der Waals surface area (Å²) < 4.78 is 5.08. The lowest BCUT2D eigenvalue weighted by Gasteiger charge is -2.19. The number of hydrogen-bond donors (Lipinski definition) is 3. The monoisotopic (exact) mass is 296 g/mol. The van der Waals surface area contributed by atoms with Gasteiger partial charge in [0.15, 0.2) is 0 Å². The van der Waals surface area contributed by atoms with Gasteiger partial charge in [0, 0.05) is 24.8 Å². The van der Waals surface area contributed by atoms with Gasteiger partial charge in [0.25, 0.3) is 5.69 Å². The van der Waals surface area contributed by atoms with Crippen molar-refractivity contribution in [2.45, 2.75) is 26.4 Å². The summed E-state index contributed by atoms with van der Waals surface area (Å²) in [5, 5.41) is 16.2. The molecule has 4 N–H and O–H groups in total. The lowest BCUT2D eigenvalue weighted by Crippen LogP contribution is -2.34. The molecule has 0 atom stereocenters. The Kier molecular flexibility index (Phi) is 5.34. The fourth-order valence-corrected chi connectivity index (χ4v) is 1.52. The van der Waals surface area contributed by atoms with E-state index in [1.165, 1.54) is 12.1 Å². The minimum atomic E-state index is -0.539. The van der Waals surface area contributed by atoms with Crippen LogP contribution in [0.4, 0.5) is 21.9 Å². The summed E-state index contributed by atoms with van der Waals surface area (Å²) in [6.07, 6.45) is -0.493. The number of alkyl carbamates (subject to hydrolysis) is 1. The van der Waals surface area contributed by atoms with Crippen LogP contribution in [0.25, 0.3) is 0 Å². The molecular weight excluding hydrogens is 276 g/mol. The van der Waals surface area contributed by atoms with Crippen LogP contribution >= 0.6 is 0 Å². The fourth-order valence-electron chi connectivity index (χ4n) is 1.52. The molecule has 0 aromatic heterocycles. The normalized spacial score (nSPS) is 10.8. The van der Waals surface area contributed by atoms with Crippen molar-refractivity contribution in [2.75, 3.05) is 24.1 Å². The quantitative estimate of drug-likeness (QED) is 0.331. The predicted molar refractivity (Wildman–Crippen MR) is 80.2 cm³/mol. The van der Waals surface area contributed by atoms with Gasteiger partial charge in [-0.1, -0.05) is 0 Å². The van der Waals surface area contributed by atoms with Gasteiger partial charge in [-0.15, -0.1) is 0 Å². The van der Waals surface area contributed by atoms with Crippen molar-refractivity contribution < 1.29 is 14.5 Å². The number of anilines is 2. The van der Waals surface area contributed by atoms with Crippen molar-refractivity contribution in [3.63, 3.8) is 0 Å². The van der Waals surface area contributed by atoms with E-state index in [-0.39, 0.29) is 11.4 Å². The smallest absolute Gasteiger partial charge is 0.407 e. The van der Waals surface area contributed by atoms with Crippen molar-refractivity contribution in [1.29, 1.82) is 0 Å². The van der Waals surface area contributed by atoms with Crippen LogP contribution in [-0.4, -0.2) is 29.7 Å². The fraction of sp³-hybridized carbons (Fsp3) is 0.462. The molecule has 0 radical (unpaired) electrons. The number of nitrogens with zero attached hydrogens (tertiary/aromatic N) is 1. The molecule has 1 aromatic carbocycles. The molecule has 0 aliphatic carbocycles. The van der Waals surface area contributed by atoms with Gasteiger partial charge in [-0.05, 0) is 32.9 Å². The topological polar surface area (TPSA) is 120 Å². The number of nitrogens with one attached hydrogen (secondary N) is 2. The van der Waals surface area contributed by atoms with Gasteiger partial charge in [0.05, 0.1) is 4.92 Å². The number of nitro groups is 1. The number of carbonyl (C=O) groups is 1. The molecule has 21 heavy (non-hydrogen) atoms. The second-order valence-electron chi connectivity index (χ2n) is 5.39. The van der Waals surface area contributed by atoms with Crippen molar-refractivity contribution in [3.8, 4) is 0 Å². The Bertz CT molecular complexity index is 525. The maximum Gasteiger partial charge on any atom is 0.407 e. The maximum absolute atomic E-state index is 11.4. The van der Waals surface area contributed by atoms with Gasteiger partial charge < -0.3 is 21.1 Å². The van der Waals surface area contributed by atoms with Crippen LogP contribution in [0, 0.1) is 10.1 Å². The van der Waals surface area contributed by atoms with E-state index in [1.807, 2.05) is 0 Å². The third-order valence-corrected chi connectivity index (χ3v) is 2.35. The SMILES string of the molecule is CC(C)(C)OC(=O)NCCNc1ccc([N+](=O)[O-])c(N)c1. The molecule has 1 rings (SSSR count). The molecule has 0 saturated heterocycles. The van der Waals surface area contributed by atoms with Crippen LogP contribution in [0.5, 0.6) is 0 Å². The number of nitro benzene ring substituents is 1. The zero-order valence-corrected chi connectivity index (χ0v) is 12.3. The zero-order chi connectivity index (χ0) is 16.0. The van der Waals surface area contributed by atoms with E-state index in [0.717, 1.165) is 0 Å². The van der Waals surface area contributed by atoms with E-state index in [9.17, 15) is 14.9 Å². The third kappa shape index (κ3) is 5.98. The molecule has 1 aromatic rings. The Morgan fingerprint density at radius 1 is 1.38 bits per heavy atom. The van der Waals surface area contributed by atoms with Crippen molar-refractivity contribution in [2.24, 2.45) is 0 Å². The second-order valence-corrected chi connectivity index (χ2v) is 5.39. The lowest BCUT2D eigenvalue weighted by atomic mass is 10.2. The van der Waals surface area contributed by atoms with Crippen LogP contribution in [0.2, 0.25) is 0 Å². The first-order valence-electron chi connectivity index (χ1n) is 6.43. The highest BCUT2D eigenvalue weighted by Gasteiger charge is 2.15. The van der Waals surface area contributed by atoms with Crippen molar-refractivity contribution in [1.82, 2.24) is 5.32 Å². The highest BCUT2D eigenvalue weighted by atomic mass is 16.6. The number of hydrogen-bond acceptors (Lipinski definition) is 6. The largest absolute Gasteiger partial charge is 0.444 e. The van der Waals surface area contributed by atoms with Gasteiger partial charge in [-0.2, -0.15) is 0 Å². The molecule has 0 aliphatic rings. The number of rotatable bonds is 5. The van der Waals surface area contributed by atoms with Gasteiger partial charge >= 0.3 is 6.09 Å². The first-order chi connectivity index (χ1) is 9.69. The van der Waals surface area contributed by atoms with E-state index in [4.69, 9.17) is 10.5 Å². The van der Waals surface area contributed by atoms with Crippen molar-refractivity contribution in [3.05, 3.63) is 28.3 Å². The lowest BCUT2D eigenvalue weighted by molar-refractivity contribution is -0.383. The molecule has 8 heteroatoms. The number of benzene rings is 1. The number of nitrogens with two attached hydrogens (primary N) is 1. The zero-order valence-electron chi connectivity index (χ0n) is 12.3. The predicted octanol–water partition coefficient (Wildman–Crippen LogP) is 2.11. The molecule has 0 heterocycles. The van der Waals surface area contributed by atoms with Gasteiger partial charge in [-0.25, -0.2) is 4.79 Å². The van der Waals surface area contributed by atoms with Gasteiger partial charge in [-0.3, -0.25) is 10.1 Å². The highest BCUT2D eigenvalue weighted by Crippen LogP contribution is 2.24. The van der Waals surface area contributed by atoms with Crippen LogP contribution < -0.4 is 16.4 Å². The first kappa shape index (κ1) is 16.5. The maximum atomic E-state index is 11.4. The second kappa shape index (κ2) is 6.78. The number of amides is 1. The van der Waals surface area contributed by atoms with Crippen LogP contribution in [0.15, 0.2) is 18.2 Å². The van der Waals surface area contributed by atoms with Gasteiger partial charge in [0.2, 0.25) is 0 Å². The number of carbonyl (C=O) groups excluding carboxylic acids is 1. The number of nitrogen functional groups attached to an aromatic ring is 1. The standard InChI is InChI=1S/C13H20N4O4/c1-13(2,3)21-12(18)16-7-6-15-9-4-5-11(17(19)20)10(14)8-9/h4-5,8,15H,6-7,14H2,1-3H3,(H,16,18). The summed E-state index contributed by atoms with van der Waals surface area (Å²) in [5.41, 5.74) is 5.63. The summed E-state index contributed by atoms with van der Waals surface area (Å²) in [5.74, 6) is 0. The van der Waals surface area contributed by atoms with Crippen LogP contribution in [0.3, 0.4) is 0 Å². The Labute approximate surface area is 122 Å². The molecule has 8 nitrogen and oxygen atoms in total. The average molecular weight is 296 g/mol. The average Bonchev–Trinajstić information content (AvgIpc) is 2.32. The molecular formula is C13H20N4O4. The molecule has 0 unspecified atom stereocenters. The van der Waals surface area contributed by atoms with Gasteiger partial charge in [0.1, 0.15) is 11.3 Å². The van der Waals surface area contributed by atoms with Crippen LogP contribution in [0.1, 0.15) is 20.8 Å². The molecule has 0 aliphatic heterocycles. The summed E-state index contributed by atoms with van der Waals surface area (Å²) >= 11 is 0. The van der Waals surface area contributed by atoms with Crippen molar-refractivity contribution >= 4 is 23.2 Å². The third-order valence-electron chi connectivity index (χ3n) is 2.35. The summed E-state index contributed by atoms with van der Waals surface area (Å²) in [6, 6.07) is 4.37. The summed E-state index contributed by atoms with van der Waals surface area (Å²) in [6.45, 7) is 6.14. The molecule has 116 valence electrons. The molecule has 0 bridgehead atoms. The summed E-state index contributed by atoms with van der Waals surface area (Å²) in [7, 11) is 0. The Morgan fingerprint density at radius 3 is 2.57 bits per heavy atom. The first-order valence-corrected chi connectivity index (χ1v) is 6.43. The minimum absolute atomic E-state index is 0.0881. The van der Waals surface area contributed by atoms with E-state index in [0.29, 0.717) is 18.8 Å².